The predicted octanol–water partition coefficient (Wildman–Crippen LogP) is 2.79. The van der Waals surface area contributed by atoms with Crippen LogP contribution in [0.15, 0.2) is 36.5 Å². The third-order valence-electron chi connectivity index (χ3n) is 5.00. The Morgan fingerprint density at radius 2 is 2.03 bits per heavy atom. The number of alkyl halides is 3. The molecule has 2 aromatic rings. The number of fused-ring (bicyclic) bond motifs is 4. The van der Waals surface area contributed by atoms with Crippen LogP contribution in [0.2, 0.25) is 0 Å². The minimum atomic E-state index is -4.36. The molecule has 1 fully saturated rings. The molecule has 2 aromatic heterocycles. The predicted molar refractivity (Wildman–Crippen MR) is 104 cm³/mol. The number of rotatable bonds is 4. The second-order valence-electron chi connectivity index (χ2n) is 7.06. The number of hydrogen-bond donors (Lipinski definition) is 2. The summed E-state index contributed by atoms with van der Waals surface area (Å²) < 4.78 is 37.0. The number of anilines is 3. The summed E-state index contributed by atoms with van der Waals surface area (Å²) >= 11 is 0. The Balaban J connectivity index is 1.56. The number of carbonyl (C=O) groups excluding carboxylic acids is 2. The van der Waals surface area contributed by atoms with Crippen molar-refractivity contribution in [2.75, 3.05) is 34.8 Å². The van der Waals surface area contributed by atoms with Crippen LogP contribution in [-0.2, 0) is 0 Å². The van der Waals surface area contributed by atoms with Gasteiger partial charge in [-0.25, -0.2) is 14.8 Å². The van der Waals surface area contributed by atoms with Gasteiger partial charge in [-0.1, -0.05) is 6.07 Å². The van der Waals surface area contributed by atoms with Gasteiger partial charge in [-0.2, -0.15) is 13.2 Å². The van der Waals surface area contributed by atoms with Crippen LogP contribution in [0.4, 0.5) is 35.3 Å². The summed E-state index contributed by atoms with van der Waals surface area (Å²) in [7, 11) is 0. The van der Waals surface area contributed by atoms with Crippen molar-refractivity contribution < 1.29 is 22.8 Å². The molecule has 0 radical (unpaired) electrons. The Morgan fingerprint density at radius 3 is 2.77 bits per heavy atom. The molecule has 0 aliphatic carbocycles. The topological polar surface area (TPSA) is 90.5 Å². The lowest BCUT2D eigenvalue weighted by molar-refractivity contribution is -0.133. The van der Waals surface area contributed by atoms with Crippen molar-refractivity contribution in [3.63, 3.8) is 0 Å². The lowest BCUT2D eigenvalue weighted by atomic mass is 10.1. The van der Waals surface area contributed by atoms with Gasteiger partial charge in [0.1, 0.15) is 11.5 Å². The van der Waals surface area contributed by atoms with Gasteiger partial charge in [-0.3, -0.25) is 15.0 Å². The van der Waals surface area contributed by atoms with E-state index in [9.17, 15) is 22.8 Å². The van der Waals surface area contributed by atoms with E-state index >= 15 is 0 Å². The molecule has 4 rings (SSSR count). The first-order valence-corrected chi connectivity index (χ1v) is 9.44. The Morgan fingerprint density at radius 1 is 1.20 bits per heavy atom. The third-order valence-corrected chi connectivity index (χ3v) is 5.00. The van der Waals surface area contributed by atoms with Crippen LogP contribution < -0.4 is 20.4 Å². The molecule has 3 amide bonds. The van der Waals surface area contributed by atoms with E-state index in [4.69, 9.17) is 0 Å². The molecule has 1 atom stereocenters. The number of halogens is 3. The van der Waals surface area contributed by atoms with E-state index in [1.807, 2.05) is 0 Å². The molecule has 30 heavy (non-hydrogen) atoms. The van der Waals surface area contributed by atoms with Crippen molar-refractivity contribution in [1.82, 2.24) is 15.3 Å². The van der Waals surface area contributed by atoms with Crippen LogP contribution in [0.25, 0.3) is 0 Å². The number of urea groups is 1. The average molecular weight is 420 g/mol. The lowest BCUT2D eigenvalue weighted by Crippen LogP contribution is -2.48. The quantitative estimate of drug-likeness (QED) is 0.794. The summed E-state index contributed by atoms with van der Waals surface area (Å²) in [5.41, 5.74) is 0.654. The lowest BCUT2D eigenvalue weighted by Gasteiger charge is -2.35. The minimum absolute atomic E-state index is 0.0472. The standard InChI is InChI=1S/C19H19F3N6O2/c20-19(21,22)7-9-24-17(29)13-4-5-14-16(25-13)28(12-6-10-27(14)11-12)18(30)26-15-3-1-2-8-23-15/h1-5,8,12H,6-7,9-11H2,(H,24,29)(H,23,26,30)/t12-/m0/s1. The number of hydrogen-bond acceptors (Lipinski definition) is 5. The molecule has 158 valence electrons. The van der Waals surface area contributed by atoms with E-state index in [1.165, 1.54) is 11.0 Å². The van der Waals surface area contributed by atoms with Gasteiger partial charge >= 0.3 is 12.2 Å². The molecule has 11 heteroatoms. The van der Waals surface area contributed by atoms with Crippen LogP contribution in [0, 0.1) is 0 Å². The first-order chi connectivity index (χ1) is 14.3. The van der Waals surface area contributed by atoms with E-state index in [-0.39, 0.29) is 11.7 Å². The van der Waals surface area contributed by atoms with E-state index < -0.39 is 31.1 Å². The highest BCUT2D eigenvalue weighted by atomic mass is 19.4. The number of nitrogens with one attached hydrogen (secondary N) is 2. The zero-order valence-electron chi connectivity index (χ0n) is 15.8. The molecule has 0 saturated carbocycles. The molecular formula is C19H19F3N6O2. The highest BCUT2D eigenvalue weighted by Gasteiger charge is 2.40. The van der Waals surface area contributed by atoms with Crippen LogP contribution in [-0.4, -0.2) is 53.8 Å². The van der Waals surface area contributed by atoms with Crippen LogP contribution in [0.3, 0.4) is 0 Å². The van der Waals surface area contributed by atoms with Gasteiger partial charge in [0.05, 0.1) is 18.2 Å². The number of amides is 3. The summed E-state index contributed by atoms with van der Waals surface area (Å²) in [6.45, 7) is 0.838. The molecule has 0 spiro atoms. The third kappa shape index (κ3) is 4.14. The average Bonchev–Trinajstić information content (AvgIpc) is 3.11. The summed E-state index contributed by atoms with van der Waals surface area (Å²) in [6, 6.07) is 7.69. The molecule has 2 bridgehead atoms. The molecule has 0 unspecified atom stereocenters. The number of aromatic nitrogens is 2. The van der Waals surface area contributed by atoms with Gasteiger partial charge in [-0.15, -0.1) is 0 Å². The van der Waals surface area contributed by atoms with Crippen molar-refractivity contribution in [3.05, 3.63) is 42.2 Å². The Hall–Kier alpha value is -3.37. The maximum absolute atomic E-state index is 13.0. The number of nitrogens with zero attached hydrogens (tertiary/aromatic N) is 4. The first kappa shape index (κ1) is 19.9. The maximum atomic E-state index is 13.0. The van der Waals surface area contributed by atoms with E-state index in [0.29, 0.717) is 23.9 Å². The fraction of sp³-hybridized carbons (Fsp3) is 0.368. The second-order valence-corrected chi connectivity index (χ2v) is 7.06. The number of carbonyl (C=O) groups is 2. The van der Waals surface area contributed by atoms with E-state index in [2.05, 4.69) is 25.5 Å². The highest BCUT2D eigenvalue weighted by Crippen LogP contribution is 2.39. The maximum Gasteiger partial charge on any atom is 0.390 e. The van der Waals surface area contributed by atoms with Crippen LogP contribution in [0.1, 0.15) is 23.3 Å². The molecule has 2 N–H and O–H groups in total. The van der Waals surface area contributed by atoms with Gasteiger partial charge in [0.2, 0.25) is 0 Å². The largest absolute Gasteiger partial charge is 0.390 e. The van der Waals surface area contributed by atoms with Crippen LogP contribution in [0.5, 0.6) is 0 Å². The number of pyridine rings is 2. The van der Waals surface area contributed by atoms with Gasteiger partial charge in [0.15, 0.2) is 5.82 Å². The molecule has 1 saturated heterocycles. The monoisotopic (exact) mass is 420 g/mol. The SMILES string of the molecule is O=C(NCCC(F)(F)F)c1ccc2c(n1)N(C(=O)Nc1ccccn1)[C@H]1CCN2C1. The van der Waals surface area contributed by atoms with Crippen molar-refractivity contribution in [2.24, 2.45) is 0 Å². The highest BCUT2D eigenvalue weighted by molar-refractivity contribution is 6.05. The zero-order valence-corrected chi connectivity index (χ0v) is 15.8. The van der Waals surface area contributed by atoms with E-state index in [0.717, 1.165) is 13.0 Å². The molecule has 0 aromatic carbocycles. The first-order valence-electron chi connectivity index (χ1n) is 9.44. The van der Waals surface area contributed by atoms with Crippen LogP contribution >= 0.6 is 0 Å². The summed E-state index contributed by atoms with van der Waals surface area (Å²) in [5, 5.41) is 4.95. The fourth-order valence-corrected chi connectivity index (χ4v) is 3.61. The van der Waals surface area contributed by atoms with Crippen molar-refractivity contribution in [3.8, 4) is 0 Å². The summed E-state index contributed by atoms with van der Waals surface area (Å²) in [4.78, 5) is 37.2. The normalized spacial score (nSPS) is 17.5. The Kier molecular flexibility index (Phi) is 5.18. The Labute approximate surface area is 170 Å². The van der Waals surface area contributed by atoms with Gasteiger partial charge in [-0.05, 0) is 30.7 Å². The summed E-state index contributed by atoms with van der Waals surface area (Å²) in [6.07, 6.45) is -3.20. The van der Waals surface area contributed by atoms with Gasteiger partial charge in [0.25, 0.3) is 5.91 Å². The van der Waals surface area contributed by atoms with Crippen molar-refractivity contribution in [1.29, 1.82) is 0 Å². The zero-order chi connectivity index (χ0) is 21.3. The van der Waals surface area contributed by atoms with Crippen molar-refractivity contribution in [2.45, 2.75) is 25.1 Å². The van der Waals surface area contributed by atoms with E-state index in [1.54, 1.807) is 30.5 Å². The van der Waals surface area contributed by atoms with Gasteiger partial charge in [0, 0.05) is 25.8 Å². The van der Waals surface area contributed by atoms with Gasteiger partial charge < -0.3 is 10.2 Å². The minimum Gasteiger partial charge on any atom is -0.366 e. The molecule has 2 aliphatic heterocycles. The fourth-order valence-electron chi connectivity index (χ4n) is 3.61. The smallest absolute Gasteiger partial charge is 0.366 e. The van der Waals surface area contributed by atoms with Crippen molar-refractivity contribution >= 4 is 29.3 Å². The molecule has 2 aliphatic rings. The second kappa shape index (κ2) is 7.81. The Bertz CT molecular complexity index is 953. The molecule has 4 heterocycles. The summed E-state index contributed by atoms with van der Waals surface area (Å²) in [5.74, 6) is -0.0359. The molecule has 8 nitrogen and oxygen atoms in total. The molecular weight excluding hydrogens is 401 g/mol.